The normalized spacial score (nSPS) is 18.0. The van der Waals surface area contributed by atoms with Gasteiger partial charge in [-0.15, -0.1) is 0 Å². The fourth-order valence-corrected chi connectivity index (χ4v) is 5.66. The van der Waals surface area contributed by atoms with Crippen molar-refractivity contribution in [2.75, 3.05) is 23.3 Å². The van der Waals surface area contributed by atoms with Crippen LogP contribution >= 0.6 is 0 Å². The topological polar surface area (TPSA) is 158 Å². The standard InChI is InChI=1S/C33H26F3N7O5/c1-32(2,31(48)39-21-6-5-20(13-37)25(11-21)33(34,35)36)42-17-18(14-38-42)3-4-19-15-41(16-19)22-7-8-23-24(12-22)30(47)43(29(23)46)26-9-10-27(44)40-28(26)45/h5-8,11-12,14,17,19,26H,9-10,15-16H2,1-2H3,(H,39,48)(H,40,44,45). The van der Waals surface area contributed by atoms with Crippen LogP contribution in [0.2, 0.25) is 0 Å². The molecule has 4 heterocycles. The molecule has 3 aliphatic rings. The molecule has 0 radical (unpaired) electrons. The van der Waals surface area contributed by atoms with Crippen molar-refractivity contribution in [3.8, 4) is 17.9 Å². The molecule has 3 aliphatic heterocycles. The predicted octanol–water partition coefficient (Wildman–Crippen LogP) is 3.04. The molecule has 0 bridgehead atoms. The van der Waals surface area contributed by atoms with E-state index in [4.69, 9.17) is 5.26 Å². The Morgan fingerprint density at radius 3 is 2.46 bits per heavy atom. The van der Waals surface area contributed by atoms with Crippen molar-refractivity contribution >= 4 is 40.9 Å². The molecule has 48 heavy (non-hydrogen) atoms. The van der Waals surface area contributed by atoms with E-state index in [1.165, 1.54) is 23.0 Å². The van der Waals surface area contributed by atoms with Crippen molar-refractivity contribution in [3.63, 3.8) is 0 Å². The number of anilines is 2. The lowest BCUT2D eigenvalue weighted by Gasteiger charge is -2.38. The number of halogens is 3. The number of fused-ring (bicyclic) bond motifs is 1. The number of carbonyl (C=O) groups excluding carboxylic acids is 5. The number of rotatable bonds is 5. The van der Waals surface area contributed by atoms with Gasteiger partial charge in [-0.25, -0.2) is 0 Å². The van der Waals surface area contributed by atoms with E-state index >= 15 is 0 Å². The highest BCUT2D eigenvalue weighted by Gasteiger charge is 2.45. The van der Waals surface area contributed by atoms with Crippen LogP contribution in [0.1, 0.15) is 64.1 Å². The summed E-state index contributed by atoms with van der Waals surface area (Å²) >= 11 is 0. The quantitative estimate of drug-likeness (QED) is 0.313. The van der Waals surface area contributed by atoms with Crippen LogP contribution in [0.5, 0.6) is 0 Å². The van der Waals surface area contributed by atoms with Gasteiger partial charge in [0.2, 0.25) is 11.8 Å². The van der Waals surface area contributed by atoms with E-state index in [-0.39, 0.29) is 35.6 Å². The summed E-state index contributed by atoms with van der Waals surface area (Å²) in [5.41, 5.74) is -1.51. The number of hydrogen-bond acceptors (Lipinski definition) is 8. The van der Waals surface area contributed by atoms with Crippen molar-refractivity contribution in [1.82, 2.24) is 20.0 Å². The molecule has 2 N–H and O–H groups in total. The second kappa shape index (κ2) is 11.7. The summed E-state index contributed by atoms with van der Waals surface area (Å²) < 4.78 is 41.4. The molecule has 2 aromatic carbocycles. The van der Waals surface area contributed by atoms with Gasteiger partial charge in [-0.2, -0.15) is 23.5 Å². The number of piperidine rings is 1. The van der Waals surface area contributed by atoms with Crippen LogP contribution in [0.25, 0.3) is 0 Å². The lowest BCUT2D eigenvalue weighted by Crippen LogP contribution is -2.54. The van der Waals surface area contributed by atoms with Gasteiger partial charge >= 0.3 is 6.18 Å². The molecule has 0 aliphatic carbocycles. The minimum Gasteiger partial charge on any atom is -0.369 e. The third-order valence-electron chi connectivity index (χ3n) is 8.50. The van der Waals surface area contributed by atoms with Crippen molar-refractivity contribution < 1.29 is 37.1 Å². The molecule has 2 saturated heterocycles. The van der Waals surface area contributed by atoms with Gasteiger partial charge in [-0.1, -0.05) is 11.8 Å². The van der Waals surface area contributed by atoms with Gasteiger partial charge in [0.25, 0.3) is 17.7 Å². The Balaban J connectivity index is 1.08. The zero-order valence-electron chi connectivity index (χ0n) is 25.5. The number of benzene rings is 2. The number of carbonyl (C=O) groups is 5. The molecule has 3 aromatic rings. The summed E-state index contributed by atoms with van der Waals surface area (Å²) in [4.78, 5) is 65.9. The average Bonchev–Trinajstić information content (AvgIpc) is 3.59. The summed E-state index contributed by atoms with van der Waals surface area (Å²) in [7, 11) is 0. The van der Waals surface area contributed by atoms with Gasteiger partial charge in [0.1, 0.15) is 11.6 Å². The van der Waals surface area contributed by atoms with E-state index in [0.717, 1.165) is 11.0 Å². The second-order valence-corrected chi connectivity index (χ2v) is 12.1. The maximum absolute atomic E-state index is 13.4. The largest absolute Gasteiger partial charge is 0.417 e. The van der Waals surface area contributed by atoms with Gasteiger partial charge in [-0.05, 0) is 56.7 Å². The van der Waals surface area contributed by atoms with E-state index in [2.05, 4.69) is 27.6 Å². The third kappa shape index (κ3) is 5.75. The molecule has 0 saturated carbocycles. The molecule has 5 amide bonds. The molecule has 15 heteroatoms. The van der Waals surface area contributed by atoms with Crippen molar-refractivity contribution in [2.45, 2.75) is 44.4 Å². The highest BCUT2D eigenvalue weighted by molar-refractivity contribution is 6.23. The SMILES string of the molecule is CC(C)(C(=O)Nc1ccc(C#N)c(C(F)(F)F)c1)n1cc(C#CC2CN(c3ccc4c(c3)C(=O)N(C3CCC(=O)NC3=O)C4=O)C2)cn1. The number of nitrogens with one attached hydrogen (secondary N) is 2. The first-order chi connectivity index (χ1) is 22.7. The highest BCUT2D eigenvalue weighted by Crippen LogP contribution is 2.35. The van der Waals surface area contributed by atoms with E-state index in [9.17, 15) is 37.1 Å². The van der Waals surface area contributed by atoms with Crippen molar-refractivity contribution in [1.29, 1.82) is 5.26 Å². The van der Waals surface area contributed by atoms with Gasteiger partial charge in [0.15, 0.2) is 0 Å². The summed E-state index contributed by atoms with van der Waals surface area (Å²) in [5, 5.41) is 17.9. The lowest BCUT2D eigenvalue weighted by molar-refractivity contribution is -0.138. The monoisotopic (exact) mass is 657 g/mol. The van der Waals surface area contributed by atoms with E-state index in [0.29, 0.717) is 30.4 Å². The first-order valence-electron chi connectivity index (χ1n) is 14.8. The third-order valence-corrected chi connectivity index (χ3v) is 8.50. The van der Waals surface area contributed by atoms with E-state index in [1.807, 2.05) is 4.90 Å². The maximum atomic E-state index is 13.4. The summed E-state index contributed by atoms with van der Waals surface area (Å²) in [6.07, 6.45) is -1.63. The molecule has 0 spiro atoms. The highest BCUT2D eigenvalue weighted by atomic mass is 19.4. The molecular formula is C33H26F3N7O5. The predicted molar refractivity (Wildman–Crippen MR) is 162 cm³/mol. The molecule has 12 nitrogen and oxygen atoms in total. The first kappa shape index (κ1) is 32.0. The number of aromatic nitrogens is 2. The number of imide groups is 2. The number of amides is 5. The Kier molecular flexibility index (Phi) is 7.79. The molecule has 1 unspecified atom stereocenters. The van der Waals surface area contributed by atoms with Gasteiger partial charge < -0.3 is 10.2 Å². The van der Waals surface area contributed by atoms with Crippen LogP contribution in [0.3, 0.4) is 0 Å². The number of hydrogen-bond donors (Lipinski definition) is 2. The zero-order valence-corrected chi connectivity index (χ0v) is 25.5. The number of alkyl halides is 3. The summed E-state index contributed by atoms with van der Waals surface area (Å²) in [6, 6.07) is 8.28. The van der Waals surface area contributed by atoms with Gasteiger partial charge in [0.05, 0.1) is 46.0 Å². The Bertz CT molecular complexity index is 2010. The number of nitrogens with zero attached hydrogens (tertiary/aromatic N) is 5. The Morgan fingerprint density at radius 1 is 1.04 bits per heavy atom. The van der Waals surface area contributed by atoms with Crippen molar-refractivity contribution in [3.05, 3.63) is 76.6 Å². The average molecular weight is 658 g/mol. The van der Waals surface area contributed by atoms with Crippen LogP contribution in [-0.2, 0) is 26.1 Å². The van der Waals surface area contributed by atoms with Crippen LogP contribution in [0.4, 0.5) is 24.5 Å². The number of nitriles is 1. The molecule has 1 aromatic heterocycles. The maximum Gasteiger partial charge on any atom is 0.417 e. The Morgan fingerprint density at radius 2 is 1.77 bits per heavy atom. The van der Waals surface area contributed by atoms with E-state index in [1.54, 1.807) is 38.2 Å². The molecule has 244 valence electrons. The van der Waals surface area contributed by atoms with E-state index < -0.39 is 58.4 Å². The minimum absolute atomic E-state index is 0.0329. The second-order valence-electron chi connectivity index (χ2n) is 12.1. The van der Waals surface area contributed by atoms with Crippen LogP contribution in [-0.4, -0.2) is 63.3 Å². The molecule has 6 rings (SSSR count). The van der Waals surface area contributed by atoms with Gasteiger partial charge in [-0.3, -0.25) is 38.9 Å². The van der Waals surface area contributed by atoms with Gasteiger partial charge in [0, 0.05) is 37.1 Å². The van der Waals surface area contributed by atoms with Crippen LogP contribution in [0.15, 0.2) is 48.8 Å². The zero-order chi connectivity index (χ0) is 34.5. The van der Waals surface area contributed by atoms with Crippen molar-refractivity contribution in [2.24, 2.45) is 5.92 Å². The van der Waals surface area contributed by atoms with Crippen LogP contribution < -0.4 is 15.5 Å². The summed E-state index contributed by atoms with van der Waals surface area (Å²) in [6.45, 7) is 4.17. The Hall–Kier alpha value is -5.96. The first-order valence-corrected chi connectivity index (χ1v) is 14.8. The molecule has 2 fully saturated rings. The molecule has 1 atom stereocenters. The fraction of sp³-hybridized carbons (Fsp3) is 0.303. The Labute approximate surface area is 271 Å². The fourth-order valence-electron chi connectivity index (χ4n) is 5.66. The molecular weight excluding hydrogens is 631 g/mol. The van der Waals surface area contributed by atoms with Crippen LogP contribution in [0, 0.1) is 29.1 Å². The minimum atomic E-state index is -4.77. The smallest absolute Gasteiger partial charge is 0.369 e. The summed E-state index contributed by atoms with van der Waals surface area (Å²) in [5.74, 6) is 3.23. The lowest BCUT2D eigenvalue weighted by atomic mass is 9.98.